The van der Waals surface area contributed by atoms with Crippen LogP contribution in [0.15, 0.2) is 23.4 Å². The number of hydrogen-bond donors (Lipinski definition) is 2. The van der Waals surface area contributed by atoms with E-state index in [0.29, 0.717) is 33.1 Å². The van der Waals surface area contributed by atoms with Crippen LogP contribution < -0.4 is 15.4 Å². The van der Waals surface area contributed by atoms with Gasteiger partial charge in [-0.2, -0.15) is 8.78 Å². The summed E-state index contributed by atoms with van der Waals surface area (Å²) in [5.41, 5.74) is 2.78. The number of carbonyl (C=O) groups excluding carboxylic acids is 1. The molecule has 0 unspecified atom stereocenters. The highest BCUT2D eigenvalue weighted by Gasteiger charge is 2.32. The van der Waals surface area contributed by atoms with Gasteiger partial charge in [-0.3, -0.25) is 0 Å². The fourth-order valence-electron chi connectivity index (χ4n) is 2.92. The average molecular weight is 384 g/mol. The molecule has 26 heavy (non-hydrogen) atoms. The van der Waals surface area contributed by atoms with Gasteiger partial charge in [-0.05, 0) is 75.7 Å². The smallest absolute Gasteiger partial charge is 0.387 e. The minimum absolute atomic E-state index is 0.132. The van der Waals surface area contributed by atoms with Crippen LogP contribution in [0.25, 0.3) is 0 Å². The molecule has 0 saturated heterocycles. The molecule has 1 atom stereocenters. The number of hydrogen-bond acceptors (Lipinski definition) is 4. The van der Waals surface area contributed by atoms with Crippen LogP contribution in [-0.2, 0) is 9.53 Å². The van der Waals surface area contributed by atoms with E-state index in [0.717, 1.165) is 0 Å². The molecule has 0 saturated carbocycles. The fourth-order valence-corrected chi connectivity index (χ4v) is 3.19. The lowest BCUT2D eigenvalue weighted by Gasteiger charge is -2.31. The first kappa shape index (κ1) is 20.1. The lowest BCUT2D eigenvalue weighted by atomic mass is 9.92. The van der Waals surface area contributed by atoms with Crippen LogP contribution in [0.4, 0.5) is 8.78 Å². The molecule has 0 spiro atoms. The first-order valence-electron chi connectivity index (χ1n) is 8.15. The molecule has 2 N–H and O–H groups in total. The molecule has 1 aliphatic heterocycles. The highest BCUT2D eigenvalue weighted by Crippen LogP contribution is 2.33. The molecule has 8 heteroatoms. The molecule has 1 aromatic carbocycles. The molecule has 2 rings (SSSR count). The first-order chi connectivity index (χ1) is 12.1. The number of nitrogens with one attached hydrogen (secondary N) is 2. The van der Waals surface area contributed by atoms with Crippen molar-refractivity contribution in [3.8, 4) is 5.75 Å². The van der Waals surface area contributed by atoms with Gasteiger partial charge in [0.15, 0.2) is 5.11 Å². The summed E-state index contributed by atoms with van der Waals surface area (Å²) < 4.78 is 35.1. The third-order valence-electron chi connectivity index (χ3n) is 3.85. The Hall–Kier alpha value is -2.22. The highest BCUT2D eigenvalue weighted by atomic mass is 32.1. The van der Waals surface area contributed by atoms with Crippen LogP contribution in [0.5, 0.6) is 5.75 Å². The molecule has 0 radical (unpaired) electrons. The Labute approximate surface area is 156 Å². The summed E-state index contributed by atoms with van der Waals surface area (Å²) in [6.07, 6.45) is -0.275. The van der Waals surface area contributed by atoms with Gasteiger partial charge >= 0.3 is 12.6 Å². The monoisotopic (exact) mass is 384 g/mol. The molecular formula is C18H22F2N2O3S. The zero-order valence-electron chi connectivity index (χ0n) is 15.3. The Kier molecular flexibility index (Phi) is 6.17. The zero-order chi connectivity index (χ0) is 19.6. The molecule has 0 aliphatic carbocycles. The molecular weight excluding hydrogens is 362 g/mol. The lowest BCUT2D eigenvalue weighted by Crippen LogP contribution is -2.45. The van der Waals surface area contributed by atoms with Gasteiger partial charge in [0, 0.05) is 5.70 Å². The van der Waals surface area contributed by atoms with Crippen LogP contribution in [0.1, 0.15) is 43.5 Å². The second-order valence-electron chi connectivity index (χ2n) is 6.39. The predicted molar refractivity (Wildman–Crippen MR) is 98.1 cm³/mol. The number of aryl methyl sites for hydroxylation is 2. The summed E-state index contributed by atoms with van der Waals surface area (Å²) in [6.45, 7) is 5.73. The standard InChI is InChI=1S/C18H22F2N2O3S/c1-8(2)24-16(23)13-11(5)21-18(26)22-14(13)12-6-9(3)15(10(4)7-12)25-17(19)20/h6-8,14,17H,1-5H3,(H2,21,22,26)/t14-/m0/s1. The Morgan fingerprint density at radius 2 is 1.77 bits per heavy atom. The van der Waals surface area contributed by atoms with E-state index >= 15 is 0 Å². The molecule has 0 aromatic heterocycles. The number of carbonyl (C=O) groups is 1. The fraction of sp³-hybridized carbons (Fsp3) is 0.444. The Balaban J connectivity index is 2.48. The number of thiocarbonyl (C=S) groups is 1. The normalized spacial score (nSPS) is 17.3. The van der Waals surface area contributed by atoms with E-state index in [4.69, 9.17) is 17.0 Å². The van der Waals surface area contributed by atoms with Crippen LogP contribution in [0, 0.1) is 13.8 Å². The maximum atomic E-state index is 12.6. The van der Waals surface area contributed by atoms with Crippen LogP contribution in [0.2, 0.25) is 0 Å². The van der Waals surface area contributed by atoms with Crippen LogP contribution in [-0.4, -0.2) is 23.8 Å². The van der Waals surface area contributed by atoms with Crippen molar-refractivity contribution >= 4 is 23.3 Å². The number of esters is 1. The minimum Gasteiger partial charge on any atom is -0.459 e. The Morgan fingerprint density at radius 3 is 2.27 bits per heavy atom. The maximum absolute atomic E-state index is 12.6. The highest BCUT2D eigenvalue weighted by molar-refractivity contribution is 7.80. The van der Waals surface area contributed by atoms with E-state index in [9.17, 15) is 13.6 Å². The van der Waals surface area contributed by atoms with Gasteiger partial charge in [-0.15, -0.1) is 0 Å². The molecule has 0 bridgehead atoms. The van der Waals surface area contributed by atoms with Crippen LogP contribution in [0.3, 0.4) is 0 Å². The van der Waals surface area contributed by atoms with Gasteiger partial charge in [0.1, 0.15) is 5.75 Å². The van der Waals surface area contributed by atoms with Gasteiger partial charge in [-0.25, -0.2) is 4.79 Å². The second-order valence-corrected chi connectivity index (χ2v) is 6.79. The first-order valence-corrected chi connectivity index (χ1v) is 8.56. The summed E-state index contributed by atoms with van der Waals surface area (Å²) in [5, 5.41) is 6.35. The van der Waals surface area contributed by atoms with Crippen molar-refractivity contribution in [2.24, 2.45) is 0 Å². The molecule has 1 heterocycles. The van der Waals surface area contributed by atoms with Gasteiger partial charge < -0.3 is 20.1 Å². The summed E-state index contributed by atoms with van der Waals surface area (Å²) in [5.74, 6) is -0.333. The van der Waals surface area contributed by atoms with Crippen LogP contribution >= 0.6 is 12.2 Å². The van der Waals surface area contributed by atoms with Gasteiger partial charge in [-0.1, -0.05) is 0 Å². The number of rotatable bonds is 5. The van der Waals surface area contributed by atoms with Gasteiger partial charge in [0.2, 0.25) is 0 Å². The predicted octanol–water partition coefficient (Wildman–Crippen LogP) is 3.65. The zero-order valence-corrected chi connectivity index (χ0v) is 16.1. The minimum atomic E-state index is -2.90. The molecule has 0 amide bonds. The van der Waals surface area contributed by atoms with Gasteiger partial charge in [0.05, 0.1) is 17.7 Å². The topological polar surface area (TPSA) is 59.6 Å². The summed E-state index contributed by atoms with van der Waals surface area (Å²) in [7, 11) is 0. The third-order valence-corrected chi connectivity index (χ3v) is 4.07. The summed E-state index contributed by atoms with van der Waals surface area (Å²) in [6, 6.07) is 2.85. The SMILES string of the molecule is CC1=C(C(=O)OC(C)C)[C@H](c2cc(C)c(OC(F)F)c(C)c2)NC(=S)N1. The number of halogens is 2. The van der Waals surface area contributed by atoms with Crippen molar-refractivity contribution in [2.45, 2.75) is 53.4 Å². The molecule has 5 nitrogen and oxygen atoms in total. The number of allylic oxidation sites excluding steroid dienone is 1. The number of ether oxygens (including phenoxy) is 2. The number of benzene rings is 1. The largest absolute Gasteiger partial charge is 0.459 e. The Morgan fingerprint density at radius 1 is 1.19 bits per heavy atom. The van der Waals surface area contributed by atoms with Crippen molar-refractivity contribution in [2.75, 3.05) is 0 Å². The molecule has 142 valence electrons. The van der Waals surface area contributed by atoms with Crippen molar-refractivity contribution in [3.05, 3.63) is 40.1 Å². The Bertz CT molecular complexity index is 740. The maximum Gasteiger partial charge on any atom is 0.387 e. The van der Waals surface area contributed by atoms with E-state index in [1.165, 1.54) is 0 Å². The molecule has 1 aromatic rings. The van der Waals surface area contributed by atoms with Gasteiger partial charge in [0.25, 0.3) is 0 Å². The van der Waals surface area contributed by atoms with E-state index < -0.39 is 18.6 Å². The van der Waals surface area contributed by atoms with E-state index in [-0.39, 0.29) is 11.9 Å². The van der Waals surface area contributed by atoms with E-state index in [2.05, 4.69) is 15.4 Å². The number of alkyl halides is 2. The molecule has 1 aliphatic rings. The van der Waals surface area contributed by atoms with E-state index in [1.807, 2.05) is 0 Å². The van der Waals surface area contributed by atoms with Crippen molar-refractivity contribution in [3.63, 3.8) is 0 Å². The summed E-state index contributed by atoms with van der Waals surface area (Å²) >= 11 is 5.20. The average Bonchev–Trinajstić information content (AvgIpc) is 2.48. The lowest BCUT2D eigenvalue weighted by molar-refractivity contribution is -0.143. The van der Waals surface area contributed by atoms with Crippen molar-refractivity contribution in [1.82, 2.24) is 10.6 Å². The van der Waals surface area contributed by atoms with Crippen molar-refractivity contribution in [1.29, 1.82) is 0 Å². The quantitative estimate of drug-likeness (QED) is 0.597. The van der Waals surface area contributed by atoms with Crippen molar-refractivity contribution < 1.29 is 23.0 Å². The second kappa shape index (κ2) is 7.99. The third kappa shape index (κ3) is 4.49. The van der Waals surface area contributed by atoms with E-state index in [1.54, 1.807) is 46.8 Å². The summed E-state index contributed by atoms with van der Waals surface area (Å²) in [4.78, 5) is 12.6. The molecule has 0 fully saturated rings.